The zero-order valence-corrected chi connectivity index (χ0v) is 17.9. The summed E-state index contributed by atoms with van der Waals surface area (Å²) in [4.78, 5) is 40.9. The van der Waals surface area contributed by atoms with Crippen molar-refractivity contribution in [2.45, 2.75) is 57.5 Å². The first-order chi connectivity index (χ1) is 13.8. The van der Waals surface area contributed by atoms with Crippen LogP contribution in [-0.4, -0.2) is 50.4 Å². The highest BCUT2D eigenvalue weighted by Gasteiger charge is 2.54. The Morgan fingerprint density at radius 3 is 2.76 bits per heavy atom. The minimum absolute atomic E-state index is 0.0446. The number of benzene rings is 1. The molecule has 1 aromatic carbocycles. The molecule has 0 bridgehead atoms. The van der Waals surface area contributed by atoms with E-state index < -0.39 is 12.1 Å². The molecule has 0 aliphatic carbocycles. The first kappa shape index (κ1) is 20.0. The van der Waals surface area contributed by atoms with Gasteiger partial charge in [0.25, 0.3) is 5.91 Å². The van der Waals surface area contributed by atoms with Gasteiger partial charge in [0.2, 0.25) is 11.8 Å². The molecule has 29 heavy (non-hydrogen) atoms. The second kappa shape index (κ2) is 7.52. The fraction of sp³-hybridized carbons (Fsp3) is 0.500. The highest BCUT2D eigenvalue weighted by molar-refractivity contribution is 7.99. The smallest absolute Gasteiger partial charge is 0.254 e. The maximum atomic E-state index is 13.7. The van der Waals surface area contributed by atoms with Gasteiger partial charge in [-0.25, -0.2) is 0 Å². The Balaban J connectivity index is 1.71. The predicted octanol–water partition coefficient (Wildman–Crippen LogP) is 3.27. The number of hydrogen-bond acceptors (Lipinski definition) is 4. The lowest BCUT2D eigenvalue weighted by Crippen LogP contribution is -2.55. The Bertz CT molecular complexity index is 967. The minimum Gasteiger partial charge on any atom is -0.344 e. The molecule has 154 valence electrons. The predicted molar refractivity (Wildman–Crippen MR) is 115 cm³/mol. The number of hydrogen-bond donors (Lipinski definition) is 1. The number of nitrogens with one attached hydrogen (secondary N) is 1. The molecule has 0 saturated carbocycles. The van der Waals surface area contributed by atoms with E-state index in [2.05, 4.69) is 19.2 Å². The number of rotatable bonds is 3. The van der Waals surface area contributed by atoms with Crippen LogP contribution in [0.4, 0.5) is 0 Å². The van der Waals surface area contributed by atoms with Gasteiger partial charge in [-0.1, -0.05) is 39.0 Å². The van der Waals surface area contributed by atoms with Crippen molar-refractivity contribution in [3.63, 3.8) is 0 Å². The highest BCUT2D eigenvalue weighted by atomic mass is 32.2. The van der Waals surface area contributed by atoms with E-state index in [1.165, 1.54) is 0 Å². The van der Waals surface area contributed by atoms with Crippen LogP contribution in [0.1, 0.15) is 44.8 Å². The molecule has 2 aromatic rings. The molecule has 4 rings (SSSR count). The van der Waals surface area contributed by atoms with Crippen LogP contribution < -0.4 is 5.32 Å². The van der Waals surface area contributed by atoms with E-state index in [4.69, 9.17) is 0 Å². The molecule has 2 aliphatic heterocycles. The molecule has 1 aromatic heterocycles. The molecule has 0 unspecified atom stereocenters. The quantitative estimate of drug-likeness (QED) is 0.838. The van der Waals surface area contributed by atoms with Gasteiger partial charge in [-0.2, -0.15) is 0 Å². The van der Waals surface area contributed by atoms with Gasteiger partial charge in [0.05, 0.1) is 10.9 Å². The van der Waals surface area contributed by atoms with Crippen molar-refractivity contribution in [3.8, 4) is 0 Å². The second-order valence-electron chi connectivity index (χ2n) is 8.51. The molecule has 1 N–H and O–H groups in total. The number of nitrogens with zero attached hydrogens (tertiary/aromatic N) is 2. The van der Waals surface area contributed by atoms with E-state index >= 15 is 0 Å². The molecule has 3 heterocycles. The summed E-state index contributed by atoms with van der Waals surface area (Å²) in [7, 11) is 0. The molecule has 2 aliphatic rings. The zero-order chi connectivity index (χ0) is 20.8. The number of carbonyl (C=O) groups is 3. The fourth-order valence-electron chi connectivity index (χ4n) is 4.53. The van der Waals surface area contributed by atoms with Gasteiger partial charge in [0.1, 0.15) is 12.1 Å². The molecular weight excluding hydrogens is 386 g/mol. The third-order valence-electron chi connectivity index (χ3n) is 6.03. The molecule has 7 heteroatoms. The largest absolute Gasteiger partial charge is 0.344 e. The van der Waals surface area contributed by atoms with E-state index in [0.29, 0.717) is 12.8 Å². The van der Waals surface area contributed by atoms with Crippen molar-refractivity contribution < 1.29 is 14.4 Å². The third-order valence-corrected chi connectivity index (χ3v) is 7.28. The SMILES string of the molecule is CCC(=O)N[C@H]1CCS[C@H]2CC(C)(C)[C@@H](C(=O)n3ccc4ccccc43)N2C1=O. The van der Waals surface area contributed by atoms with Gasteiger partial charge in [-0.15, -0.1) is 11.8 Å². The number of aromatic nitrogens is 1. The number of fused-ring (bicyclic) bond motifs is 2. The van der Waals surface area contributed by atoms with Crippen LogP contribution in [0.2, 0.25) is 0 Å². The monoisotopic (exact) mass is 413 g/mol. The van der Waals surface area contributed by atoms with Crippen molar-refractivity contribution >= 4 is 40.4 Å². The van der Waals surface area contributed by atoms with Crippen molar-refractivity contribution in [1.29, 1.82) is 0 Å². The molecule has 3 atom stereocenters. The van der Waals surface area contributed by atoms with Gasteiger partial charge in [-0.3, -0.25) is 19.0 Å². The lowest BCUT2D eigenvalue weighted by molar-refractivity contribution is -0.137. The summed E-state index contributed by atoms with van der Waals surface area (Å²) in [6, 6.07) is 8.56. The summed E-state index contributed by atoms with van der Waals surface area (Å²) in [6.07, 6.45) is 3.48. The minimum atomic E-state index is -0.567. The average molecular weight is 414 g/mol. The van der Waals surface area contributed by atoms with E-state index in [9.17, 15) is 14.4 Å². The first-order valence-corrected chi connectivity index (χ1v) is 11.2. The average Bonchev–Trinajstić information content (AvgIpc) is 3.20. The maximum Gasteiger partial charge on any atom is 0.254 e. The van der Waals surface area contributed by atoms with Crippen molar-refractivity contribution in [2.75, 3.05) is 5.75 Å². The molecule has 2 amide bonds. The maximum absolute atomic E-state index is 13.7. The van der Waals surface area contributed by atoms with Gasteiger partial charge < -0.3 is 10.2 Å². The van der Waals surface area contributed by atoms with Gasteiger partial charge in [-0.05, 0) is 36.1 Å². The van der Waals surface area contributed by atoms with Crippen LogP contribution in [-0.2, 0) is 9.59 Å². The number of carbonyl (C=O) groups excluding carboxylic acids is 3. The summed E-state index contributed by atoms with van der Waals surface area (Å²) < 4.78 is 1.67. The lowest BCUT2D eigenvalue weighted by Gasteiger charge is -2.34. The molecule has 0 spiro atoms. The summed E-state index contributed by atoms with van der Waals surface area (Å²) in [5, 5.41) is 3.81. The Morgan fingerprint density at radius 2 is 2.00 bits per heavy atom. The fourth-order valence-corrected chi connectivity index (χ4v) is 6.10. The van der Waals surface area contributed by atoms with Crippen molar-refractivity contribution in [3.05, 3.63) is 36.5 Å². The van der Waals surface area contributed by atoms with Crippen LogP contribution in [0.15, 0.2) is 36.5 Å². The van der Waals surface area contributed by atoms with Gasteiger partial charge >= 0.3 is 0 Å². The molecule has 0 radical (unpaired) electrons. The first-order valence-electron chi connectivity index (χ1n) is 10.2. The molecule has 6 nitrogen and oxygen atoms in total. The Morgan fingerprint density at radius 1 is 1.24 bits per heavy atom. The highest BCUT2D eigenvalue weighted by Crippen LogP contribution is 2.46. The number of thioether (sulfide) groups is 1. The Hall–Kier alpha value is -2.28. The van der Waals surface area contributed by atoms with Crippen molar-refractivity contribution in [1.82, 2.24) is 14.8 Å². The number of para-hydroxylation sites is 1. The normalized spacial score (nSPS) is 26.2. The Kier molecular flexibility index (Phi) is 5.19. The topological polar surface area (TPSA) is 71.4 Å². The molecule has 2 fully saturated rings. The summed E-state index contributed by atoms with van der Waals surface area (Å²) in [5.41, 5.74) is 0.495. The molecular formula is C22H27N3O3S. The van der Waals surface area contributed by atoms with E-state index in [0.717, 1.165) is 23.1 Å². The summed E-state index contributed by atoms with van der Waals surface area (Å²) >= 11 is 1.71. The summed E-state index contributed by atoms with van der Waals surface area (Å²) in [6.45, 7) is 5.89. The Labute approximate surface area is 175 Å². The standard InChI is InChI=1S/C22H27N3O3S/c1-4-17(26)23-15-10-12-29-18-13-22(2,3)19(25(18)20(15)27)21(28)24-11-9-14-7-5-6-8-16(14)24/h5-9,11,15,18-19H,4,10,12-13H2,1-3H3,(H,23,26)/t15-,18-,19+/m0/s1. The van der Waals surface area contributed by atoms with Crippen LogP contribution in [0.5, 0.6) is 0 Å². The van der Waals surface area contributed by atoms with Crippen LogP contribution in [0.3, 0.4) is 0 Å². The van der Waals surface area contributed by atoms with Gasteiger partial charge in [0.15, 0.2) is 0 Å². The lowest BCUT2D eigenvalue weighted by atomic mass is 9.84. The van der Waals surface area contributed by atoms with E-state index in [-0.39, 0.29) is 28.5 Å². The van der Waals surface area contributed by atoms with Gasteiger partial charge in [0, 0.05) is 18.0 Å². The van der Waals surface area contributed by atoms with E-state index in [1.54, 1.807) is 34.3 Å². The molecule has 2 saturated heterocycles. The second-order valence-corrected chi connectivity index (χ2v) is 9.80. The van der Waals surface area contributed by atoms with E-state index in [1.807, 2.05) is 30.3 Å². The van der Waals surface area contributed by atoms with Crippen LogP contribution in [0, 0.1) is 5.41 Å². The summed E-state index contributed by atoms with van der Waals surface area (Å²) in [5.74, 6) is 0.423. The third kappa shape index (κ3) is 3.45. The van der Waals surface area contributed by atoms with Crippen LogP contribution >= 0.6 is 11.8 Å². The van der Waals surface area contributed by atoms with Crippen LogP contribution in [0.25, 0.3) is 10.9 Å². The number of amides is 2. The van der Waals surface area contributed by atoms with Crippen molar-refractivity contribution in [2.24, 2.45) is 5.41 Å². The zero-order valence-electron chi connectivity index (χ0n) is 17.1.